The highest BCUT2D eigenvalue weighted by Crippen LogP contribution is 2.26. The van der Waals surface area contributed by atoms with E-state index in [9.17, 15) is 9.59 Å². The van der Waals surface area contributed by atoms with Crippen molar-refractivity contribution in [2.45, 2.75) is 25.7 Å². The van der Waals surface area contributed by atoms with E-state index in [1.165, 1.54) is 19.4 Å². The number of rotatable bonds is 6. The van der Waals surface area contributed by atoms with Crippen molar-refractivity contribution in [3.8, 4) is 0 Å². The van der Waals surface area contributed by atoms with E-state index in [0.717, 1.165) is 63.2 Å². The summed E-state index contributed by atoms with van der Waals surface area (Å²) >= 11 is 0.905. The monoisotopic (exact) mass is 416 g/mol. The molecule has 0 radical (unpaired) electrons. The van der Waals surface area contributed by atoms with Crippen LogP contribution in [0.2, 0.25) is 0 Å². The topological polar surface area (TPSA) is 99.2 Å². The van der Waals surface area contributed by atoms with Gasteiger partial charge in [0, 0.05) is 19.3 Å². The summed E-state index contributed by atoms with van der Waals surface area (Å²) in [6.45, 7) is 6.37. The lowest BCUT2D eigenvalue weighted by molar-refractivity contribution is -0.115. The highest BCUT2D eigenvalue weighted by atomic mass is 32.2. The van der Waals surface area contributed by atoms with Crippen LogP contribution >= 0.6 is 11.8 Å². The Hall–Kier alpha value is -1.97. The Labute approximate surface area is 175 Å². The van der Waals surface area contributed by atoms with Crippen LogP contribution in [0.5, 0.6) is 0 Å². The number of hydrogen-bond acceptors (Lipinski definition) is 8. The van der Waals surface area contributed by atoms with Crippen molar-refractivity contribution in [1.29, 1.82) is 0 Å². The first-order valence-electron chi connectivity index (χ1n) is 10.4. The second-order valence-corrected chi connectivity index (χ2v) is 8.95. The Bertz CT molecular complexity index is 772. The normalized spacial score (nSPS) is 24.9. The van der Waals surface area contributed by atoms with E-state index in [1.807, 2.05) is 0 Å². The maximum absolute atomic E-state index is 11.7. The van der Waals surface area contributed by atoms with Crippen LogP contribution in [-0.2, 0) is 4.79 Å². The summed E-state index contributed by atoms with van der Waals surface area (Å²) < 4.78 is 0. The van der Waals surface area contributed by atoms with Gasteiger partial charge in [-0.05, 0) is 87.6 Å². The molecule has 4 heterocycles. The fourth-order valence-corrected chi connectivity index (χ4v) is 4.74. The minimum Gasteiger partial charge on any atom is -0.341 e. The first kappa shape index (κ1) is 20.3. The summed E-state index contributed by atoms with van der Waals surface area (Å²) in [7, 11) is 0. The number of nitrogens with one attached hydrogen (secondary N) is 3. The summed E-state index contributed by atoms with van der Waals surface area (Å²) in [4.78, 5) is 34.6. The van der Waals surface area contributed by atoms with E-state index in [4.69, 9.17) is 0 Å². The van der Waals surface area contributed by atoms with Crippen LogP contribution in [0.15, 0.2) is 17.2 Å². The van der Waals surface area contributed by atoms with E-state index in [2.05, 4.69) is 30.8 Å². The Morgan fingerprint density at radius 2 is 2.03 bits per heavy atom. The molecule has 3 saturated heterocycles. The number of imide groups is 1. The molecule has 2 amide bonds. The van der Waals surface area contributed by atoms with Crippen molar-refractivity contribution >= 4 is 34.9 Å². The number of carbonyl (C=O) groups is 2. The smallest absolute Gasteiger partial charge is 0.290 e. The second kappa shape index (κ2) is 9.69. The molecule has 29 heavy (non-hydrogen) atoms. The number of hydrogen-bond donors (Lipinski definition) is 3. The number of carbonyl (C=O) groups excluding carboxylic acids is 2. The van der Waals surface area contributed by atoms with E-state index < -0.39 is 0 Å². The van der Waals surface area contributed by atoms with Gasteiger partial charge in [0.05, 0.1) is 10.6 Å². The molecule has 1 aromatic heterocycles. The molecule has 3 aliphatic rings. The molecule has 8 nitrogen and oxygen atoms in total. The molecule has 1 atom stereocenters. The maximum atomic E-state index is 11.7. The molecule has 1 unspecified atom stereocenters. The Morgan fingerprint density at radius 1 is 1.21 bits per heavy atom. The molecule has 156 valence electrons. The zero-order valence-electron chi connectivity index (χ0n) is 16.5. The Kier molecular flexibility index (Phi) is 6.78. The SMILES string of the molecule is O=C1NC(=O)/C(=C\c2ccnc(N3CCC(CNCC4CCCNC4)CC3)n2)S1. The highest BCUT2D eigenvalue weighted by Gasteiger charge is 2.26. The second-order valence-electron chi connectivity index (χ2n) is 7.93. The Balaban J connectivity index is 1.26. The van der Waals surface area contributed by atoms with Gasteiger partial charge in [-0.15, -0.1) is 0 Å². The number of piperidine rings is 2. The predicted octanol–water partition coefficient (Wildman–Crippen LogP) is 1.61. The molecular weight excluding hydrogens is 388 g/mol. The molecule has 0 spiro atoms. The number of nitrogens with zero attached hydrogens (tertiary/aromatic N) is 3. The fourth-order valence-electron chi connectivity index (χ4n) is 4.08. The average Bonchev–Trinajstić information content (AvgIpc) is 3.06. The van der Waals surface area contributed by atoms with Gasteiger partial charge in [0.1, 0.15) is 0 Å². The number of aromatic nitrogens is 2. The van der Waals surface area contributed by atoms with Gasteiger partial charge >= 0.3 is 0 Å². The van der Waals surface area contributed by atoms with Crippen LogP contribution in [0, 0.1) is 11.8 Å². The summed E-state index contributed by atoms with van der Waals surface area (Å²) in [5.74, 6) is 1.79. The summed E-state index contributed by atoms with van der Waals surface area (Å²) in [6, 6.07) is 1.75. The molecule has 0 saturated carbocycles. The van der Waals surface area contributed by atoms with Gasteiger partial charge in [0.25, 0.3) is 11.1 Å². The first-order chi connectivity index (χ1) is 14.2. The van der Waals surface area contributed by atoms with Crippen LogP contribution in [-0.4, -0.2) is 60.4 Å². The van der Waals surface area contributed by atoms with Crippen molar-refractivity contribution in [3.05, 3.63) is 22.9 Å². The van der Waals surface area contributed by atoms with Crippen molar-refractivity contribution < 1.29 is 9.59 Å². The average molecular weight is 417 g/mol. The molecule has 0 aliphatic carbocycles. The van der Waals surface area contributed by atoms with Gasteiger partial charge < -0.3 is 15.5 Å². The Morgan fingerprint density at radius 3 is 2.76 bits per heavy atom. The van der Waals surface area contributed by atoms with Crippen molar-refractivity contribution in [3.63, 3.8) is 0 Å². The zero-order chi connectivity index (χ0) is 20.1. The third-order valence-corrected chi connectivity index (χ3v) is 6.56. The lowest BCUT2D eigenvalue weighted by Gasteiger charge is -2.32. The zero-order valence-corrected chi connectivity index (χ0v) is 17.3. The third-order valence-electron chi connectivity index (χ3n) is 5.75. The predicted molar refractivity (Wildman–Crippen MR) is 115 cm³/mol. The van der Waals surface area contributed by atoms with Gasteiger partial charge in [-0.2, -0.15) is 0 Å². The lowest BCUT2D eigenvalue weighted by atomic mass is 9.96. The van der Waals surface area contributed by atoms with Gasteiger partial charge in [-0.3, -0.25) is 14.9 Å². The summed E-state index contributed by atoms with van der Waals surface area (Å²) in [5.41, 5.74) is 0.646. The van der Waals surface area contributed by atoms with E-state index in [-0.39, 0.29) is 11.1 Å². The lowest BCUT2D eigenvalue weighted by Crippen LogP contribution is -2.40. The van der Waals surface area contributed by atoms with Crippen molar-refractivity contribution in [2.75, 3.05) is 44.2 Å². The molecular formula is C20H28N6O2S. The fraction of sp³-hybridized carbons (Fsp3) is 0.600. The van der Waals surface area contributed by atoms with Crippen LogP contribution in [0.1, 0.15) is 31.4 Å². The van der Waals surface area contributed by atoms with Gasteiger partial charge in [0.15, 0.2) is 0 Å². The largest absolute Gasteiger partial charge is 0.341 e. The van der Waals surface area contributed by atoms with Crippen LogP contribution in [0.3, 0.4) is 0 Å². The van der Waals surface area contributed by atoms with Crippen molar-refractivity contribution in [1.82, 2.24) is 25.9 Å². The molecule has 3 aliphatic heterocycles. The van der Waals surface area contributed by atoms with E-state index >= 15 is 0 Å². The molecule has 4 rings (SSSR count). The van der Waals surface area contributed by atoms with Crippen LogP contribution < -0.4 is 20.9 Å². The standard InChI is InChI=1S/C20H28N6O2S/c27-18-17(29-20(28)25-18)10-16-3-7-23-19(24-16)26-8-4-14(5-9-26)11-22-13-15-2-1-6-21-12-15/h3,7,10,14-15,21-22H,1-2,4-6,8-9,11-13H2,(H,25,27,28)/b17-10+. The van der Waals surface area contributed by atoms with Gasteiger partial charge in [0.2, 0.25) is 5.95 Å². The van der Waals surface area contributed by atoms with Gasteiger partial charge in [-0.25, -0.2) is 9.97 Å². The number of thioether (sulfide) groups is 1. The minimum atomic E-state index is -0.363. The minimum absolute atomic E-state index is 0.342. The van der Waals surface area contributed by atoms with E-state index in [1.54, 1.807) is 18.3 Å². The van der Waals surface area contributed by atoms with Gasteiger partial charge in [-0.1, -0.05) is 0 Å². The third kappa shape index (κ3) is 5.55. The maximum Gasteiger partial charge on any atom is 0.290 e. The summed E-state index contributed by atoms with van der Waals surface area (Å²) in [6.07, 6.45) is 8.22. The van der Waals surface area contributed by atoms with E-state index in [0.29, 0.717) is 22.5 Å². The molecule has 0 bridgehead atoms. The quantitative estimate of drug-likeness (QED) is 0.602. The van der Waals surface area contributed by atoms with Crippen LogP contribution in [0.25, 0.3) is 6.08 Å². The van der Waals surface area contributed by atoms with Crippen LogP contribution in [0.4, 0.5) is 10.7 Å². The first-order valence-corrected chi connectivity index (χ1v) is 11.2. The summed E-state index contributed by atoms with van der Waals surface area (Å²) in [5, 5.41) is 9.06. The highest BCUT2D eigenvalue weighted by molar-refractivity contribution is 8.18. The molecule has 9 heteroatoms. The molecule has 3 N–H and O–H groups in total. The van der Waals surface area contributed by atoms with Crippen molar-refractivity contribution in [2.24, 2.45) is 11.8 Å². The number of anilines is 1. The number of amides is 2. The molecule has 0 aromatic carbocycles. The molecule has 3 fully saturated rings. The molecule has 1 aromatic rings.